The maximum Gasteiger partial charge on any atom is 0.176 e. The zero-order valence-corrected chi connectivity index (χ0v) is 8.86. The van der Waals surface area contributed by atoms with E-state index in [0.717, 1.165) is 12.1 Å². The molecule has 0 aliphatic heterocycles. The molecule has 1 aromatic carbocycles. The summed E-state index contributed by atoms with van der Waals surface area (Å²) in [5.41, 5.74) is 7.02. The molecule has 3 N–H and O–H groups in total. The molecule has 0 bridgehead atoms. The van der Waals surface area contributed by atoms with Crippen LogP contribution in [0.2, 0.25) is 0 Å². The summed E-state index contributed by atoms with van der Waals surface area (Å²) in [6, 6.07) is 7.42. The lowest BCUT2D eigenvalue weighted by atomic mass is 10.1. The third kappa shape index (κ3) is 3.65. The fourth-order valence-corrected chi connectivity index (χ4v) is 1.21. The molecule has 0 aliphatic carbocycles. The van der Waals surface area contributed by atoms with Gasteiger partial charge in [0.2, 0.25) is 0 Å². The first kappa shape index (κ1) is 11.6. The monoisotopic (exact) mass is 204 g/mol. The lowest BCUT2D eigenvalue weighted by molar-refractivity contribution is 0.100. The highest BCUT2D eigenvalue weighted by atomic mass is 16.1. The maximum absolute atomic E-state index is 11.2. The maximum atomic E-state index is 11.2. The van der Waals surface area contributed by atoms with E-state index < -0.39 is 0 Å². The van der Waals surface area contributed by atoms with Crippen molar-refractivity contribution in [3.05, 3.63) is 41.5 Å². The molecular formula is C12H16N2O. The predicted octanol–water partition coefficient (Wildman–Crippen LogP) is 1.06. The number of likely N-dealkylation sites (N-methyl/N-ethyl adjacent to an activating group) is 1. The van der Waals surface area contributed by atoms with Gasteiger partial charge < -0.3 is 11.1 Å². The van der Waals surface area contributed by atoms with Crippen molar-refractivity contribution in [2.75, 3.05) is 20.1 Å². The molecule has 3 nitrogen and oxygen atoms in total. The van der Waals surface area contributed by atoms with Crippen molar-refractivity contribution >= 4 is 11.9 Å². The molecule has 15 heavy (non-hydrogen) atoms. The minimum absolute atomic E-state index is 0.0271. The van der Waals surface area contributed by atoms with Gasteiger partial charge in [-0.25, -0.2) is 0 Å². The smallest absolute Gasteiger partial charge is 0.176 e. The van der Waals surface area contributed by atoms with Crippen LogP contribution in [0.1, 0.15) is 15.9 Å². The van der Waals surface area contributed by atoms with Crippen molar-refractivity contribution < 1.29 is 4.79 Å². The molecule has 0 atom stereocenters. The van der Waals surface area contributed by atoms with E-state index in [-0.39, 0.29) is 12.3 Å². The van der Waals surface area contributed by atoms with E-state index in [1.54, 1.807) is 12.1 Å². The summed E-state index contributed by atoms with van der Waals surface area (Å²) in [5.74, 6) is -0.0271. The van der Waals surface area contributed by atoms with Crippen molar-refractivity contribution in [2.45, 2.75) is 0 Å². The Morgan fingerprint density at radius 3 is 2.60 bits per heavy atom. The topological polar surface area (TPSA) is 55.1 Å². The number of nitrogens with two attached hydrogens (primary N) is 1. The van der Waals surface area contributed by atoms with Crippen LogP contribution in [-0.2, 0) is 0 Å². The van der Waals surface area contributed by atoms with E-state index >= 15 is 0 Å². The third-order valence-electron chi connectivity index (χ3n) is 2.05. The Labute approximate surface area is 90.0 Å². The average molecular weight is 204 g/mol. The molecule has 80 valence electrons. The predicted molar refractivity (Wildman–Crippen MR) is 62.8 cm³/mol. The van der Waals surface area contributed by atoms with Gasteiger partial charge in [0.1, 0.15) is 0 Å². The fraction of sp³-hybridized carbons (Fsp3) is 0.250. The van der Waals surface area contributed by atoms with E-state index in [0.29, 0.717) is 5.56 Å². The Morgan fingerprint density at radius 1 is 1.40 bits per heavy atom. The summed E-state index contributed by atoms with van der Waals surface area (Å²) < 4.78 is 0. The number of carbonyl (C=O) groups excluding carboxylic acids is 1. The second kappa shape index (κ2) is 6.11. The number of Topliss-reactive ketones (excluding diaryl/α,β-unsaturated/α-hetero) is 1. The highest BCUT2D eigenvalue weighted by Crippen LogP contribution is 2.06. The molecule has 0 heterocycles. The average Bonchev–Trinajstić information content (AvgIpc) is 2.29. The van der Waals surface area contributed by atoms with Crippen LogP contribution in [0, 0.1) is 0 Å². The third-order valence-corrected chi connectivity index (χ3v) is 2.05. The van der Waals surface area contributed by atoms with E-state index in [4.69, 9.17) is 5.73 Å². The Bertz CT molecular complexity index is 341. The van der Waals surface area contributed by atoms with Crippen molar-refractivity contribution in [1.82, 2.24) is 5.32 Å². The van der Waals surface area contributed by atoms with Gasteiger partial charge in [0.15, 0.2) is 5.78 Å². The number of benzene rings is 1. The van der Waals surface area contributed by atoms with E-state index in [2.05, 4.69) is 5.32 Å². The summed E-state index contributed by atoms with van der Waals surface area (Å²) in [5, 5.41) is 3.02. The number of ketones is 1. The lowest BCUT2D eigenvalue weighted by Crippen LogP contribution is -2.13. The zero-order chi connectivity index (χ0) is 11.1. The molecule has 0 spiro atoms. The van der Waals surface area contributed by atoms with Gasteiger partial charge in [0.05, 0.1) is 6.54 Å². The standard InChI is InChI=1S/C12H16N2O/c1-14-8-2-3-10-4-6-11(7-5-10)12(15)9-13/h2-7,14H,8-9,13H2,1H3. The molecule has 0 saturated carbocycles. The molecule has 0 aliphatic rings. The quantitative estimate of drug-likeness (QED) is 0.705. The van der Waals surface area contributed by atoms with Crippen LogP contribution in [0.5, 0.6) is 0 Å². The van der Waals surface area contributed by atoms with Gasteiger partial charge in [-0.05, 0) is 12.6 Å². The molecule has 0 amide bonds. The summed E-state index contributed by atoms with van der Waals surface area (Å²) in [4.78, 5) is 11.2. The van der Waals surface area contributed by atoms with E-state index in [1.807, 2.05) is 31.3 Å². The second-order valence-electron chi connectivity index (χ2n) is 3.21. The molecule has 0 aromatic heterocycles. The summed E-state index contributed by atoms with van der Waals surface area (Å²) >= 11 is 0. The molecule has 0 fully saturated rings. The molecule has 0 radical (unpaired) electrons. The Morgan fingerprint density at radius 2 is 2.07 bits per heavy atom. The van der Waals surface area contributed by atoms with Crippen molar-refractivity contribution in [3.8, 4) is 0 Å². The fourth-order valence-electron chi connectivity index (χ4n) is 1.21. The first-order valence-electron chi connectivity index (χ1n) is 4.92. The first-order valence-corrected chi connectivity index (χ1v) is 4.92. The molecular weight excluding hydrogens is 188 g/mol. The van der Waals surface area contributed by atoms with Crippen LogP contribution < -0.4 is 11.1 Å². The number of hydrogen-bond donors (Lipinski definition) is 2. The zero-order valence-electron chi connectivity index (χ0n) is 8.86. The van der Waals surface area contributed by atoms with E-state index in [1.165, 1.54) is 0 Å². The number of hydrogen-bond acceptors (Lipinski definition) is 3. The van der Waals surface area contributed by atoms with Gasteiger partial charge in [-0.3, -0.25) is 4.79 Å². The number of rotatable bonds is 5. The Kier molecular flexibility index (Phi) is 4.74. The van der Waals surface area contributed by atoms with Crippen LogP contribution in [0.25, 0.3) is 6.08 Å². The highest BCUT2D eigenvalue weighted by Gasteiger charge is 2.00. The minimum atomic E-state index is -0.0271. The normalized spacial score (nSPS) is 10.8. The largest absolute Gasteiger partial charge is 0.324 e. The van der Waals surface area contributed by atoms with Gasteiger partial charge in [-0.2, -0.15) is 0 Å². The minimum Gasteiger partial charge on any atom is -0.324 e. The summed E-state index contributed by atoms with van der Waals surface area (Å²) in [6.45, 7) is 0.901. The van der Waals surface area contributed by atoms with Gasteiger partial charge in [0.25, 0.3) is 0 Å². The van der Waals surface area contributed by atoms with Crippen LogP contribution in [0.15, 0.2) is 30.3 Å². The van der Waals surface area contributed by atoms with Crippen LogP contribution in [0.4, 0.5) is 0 Å². The van der Waals surface area contributed by atoms with Crippen molar-refractivity contribution in [1.29, 1.82) is 0 Å². The Balaban J connectivity index is 2.68. The van der Waals surface area contributed by atoms with Crippen molar-refractivity contribution in [3.63, 3.8) is 0 Å². The summed E-state index contributed by atoms with van der Waals surface area (Å²) in [7, 11) is 1.90. The second-order valence-corrected chi connectivity index (χ2v) is 3.21. The number of carbonyl (C=O) groups is 1. The van der Waals surface area contributed by atoms with Crippen LogP contribution in [0.3, 0.4) is 0 Å². The van der Waals surface area contributed by atoms with Gasteiger partial charge in [-0.1, -0.05) is 36.4 Å². The van der Waals surface area contributed by atoms with Crippen LogP contribution >= 0.6 is 0 Å². The highest BCUT2D eigenvalue weighted by molar-refractivity contribution is 5.97. The first-order chi connectivity index (χ1) is 7.27. The molecule has 1 rings (SSSR count). The molecule has 0 unspecified atom stereocenters. The molecule has 1 aromatic rings. The molecule has 0 saturated heterocycles. The SMILES string of the molecule is CNCC=Cc1ccc(C(=O)CN)cc1. The van der Waals surface area contributed by atoms with Gasteiger partial charge >= 0.3 is 0 Å². The van der Waals surface area contributed by atoms with Crippen LogP contribution in [-0.4, -0.2) is 25.9 Å². The lowest BCUT2D eigenvalue weighted by Gasteiger charge is -1.98. The number of nitrogens with one attached hydrogen (secondary N) is 1. The Hall–Kier alpha value is -1.45. The van der Waals surface area contributed by atoms with Gasteiger partial charge in [0, 0.05) is 12.1 Å². The van der Waals surface area contributed by atoms with E-state index in [9.17, 15) is 4.79 Å². The molecule has 3 heteroatoms. The summed E-state index contributed by atoms with van der Waals surface area (Å²) in [6.07, 6.45) is 4.03. The van der Waals surface area contributed by atoms with Crippen molar-refractivity contribution in [2.24, 2.45) is 5.73 Å². The van der Waals surface area contributed by atoms with Gasteiger partial charge in [-0.15, -0.1) is 0 Å².